The van der Waals surface area contributed by atoms with Crippen LogP contribution in [0.3, 0.4) is 0 Å². The van der Waals surface area contributed by atoms with Crippen LogP contribution in [-0.4, -0.2) is 23.8 Å². The Bertz CT molecular complexity index is 813. The maximum atomic E-state index is 12.1. The molecule has 2 aromatic carbocycles. The summed E-state index contributed by atoms with van der Waals surface area (Å²) < 4.78 is 4.99. The molecule has 0 aliphatic carbocycles. The molecule has 1 N–H and O–H groups in total. The van der Waals surface area contributed by atoms with Crippen molar-refractivity contribution in [1.29, 1.82) is 0 Å². The molecule has 4 nitrogen and oxygen atoms in total. The normalized spacial score (nSPS) is 10.8. The van der Waals surface area contributed by atoms with Crippen LogP contribution in [0.4, 0.5) is 0 Å². The van der Waals surface area contributed by atoms with E-state index in [1.807, 2.05) is 0 Å². The first-order valence-electron chi connectivity index (χ1n) is 6.97. The SMILES string of the molecule is COc1cc(C=CC(=O)CC(=O)c2ccc(Cl)cc2Cl)ccc1O. The van der Waals surface area contributed by atoms with Gasteiger partial charge in [-0.05, 0) is 42.0 Å². The molecule has 0 bridgehead atoms. The third kappa shape index (κ3) is 4.60. The van der Waals surface area contributed by atoms with E-state index in [9.17, 15) is 14.7 Å². The van der Waals surface area contributed by atoms with Gasteiger partial charge >= 0.3 is 0 Å². The number of ketones is 2. The highest BCUT2D eigenvalue weighted by atomic mass is 35.5. The van der Waals surface area contributed by atoms with E-state index in [4.69, 9.17) is 27.9 Å². The Morgan fingerprint density at radius 1 is 1.17 bits per heavy atom. The van der Waals surface area contributed by atoms with E-state index in [2.05, 4.69) is 0 Å². The van der Waals surface area contributed by atoms with Gasteiger partial charge < -0.3 is 9.84 Å². The summed E-state index contributed by atoms with van der Waals surface area (Å²) >= 11 is 11.7. The number of hydrogen-bond acceptors (Lipinski definition) is 4. The second-order valence-electron chi connectivity index (χ2n) is 4.96. The number of halogens is 2. The third-order valence-electron chi connectivity index (χ3n) is 3.23. The smallest absolute Gasteiger partial charge is 0.172 e. The van der Waals surface area contributed by atoms with Gasteiger partial charge in [-0.3, -0.25) is 9.59 Å². The Morgan fingerprint density at radius 2 is 1.92 bits per heavy atom. The minimum absolute atomic E-state index is 0.00790. The van der Waals surface area contributed by atoms with E-state index < -0.39 is 0 Å². The molecule has 2 rings (SSSR count). The first-order chi connectivity index (χ1) is 11.4. The zero-order chi connectivity index (χ0) is 17.7. The minimum Gasteiger partial charge on any atom is -0.504 e. The summed E-state index contributed by atoms with van der Waals surface area (Å²) in [6.07, 6.45) is 2.54. The van der Waals surface area contributed by atoms with Gasteiger partial charge in [-0.1, -0.05) is 35.3 Å². The zero-order valence-corrected chi connectivity index (χ0v) is 14.3. The van der Waals surface area contributed by atoms with Crippen molar-refractivity contribution in [3.63, 3.8) is 0 Å². The topological polar surface area (TPSA) is 63.6 Å². The lowest BCUT2D eigenvalue weighted by atomic mass is 10.1. The Kier molecular flexibility index (Phi) is 6.01. The fraction of sp³-hybridized carbons (Fsp3) is 0.111. The van der Waals surface area contributed by atoms with Gasteiger partial charge in [0.1, 0.15) is 0 Å². The second kappa shape index (κ2) is 7.99. The fourth-order valence-electron chi connectivity index (χ4n) is 2.02. The van der Waals surface area contributed by atoms with Crippen LogP contribution in [0.1, 0.15) is 22.3 Å². The van der Waals surface area contributed by atoms with Gasteiger partial charge in [-0.15, -0.1) is 0 Å². The molecule has 2 aromatic rings. The summed E-state index contributed by atoms with van der Waals surface area (Å²) in [6.45, 7) is 0. The minimum atomic E-state index is -0.380. The summed E-state index contributed by atoms with van der Waals surface area (Å²) in [5, 5.41) is 10.2. The second-order valence-corrected chi connectivity index (χ2v) is 5.80. The highest BCUT2D eigenvalue weighted by molar-refractivity contribution is 6.37. The number of carbonyl (C=O) groups excluding carboxylic acids is 2. The lowest BCUT2D eigenvalue weighted by Crippen LogP contribution is -2.06. The van der Waals surface area contributed by atoms with E-state index in [1.54, 1.807) is 24.3 Å². The van der Waals surface area contributed by atoms with Crippen LogP contribution < -0.4 is 4.74 Å². The van der Waals surface area contributed by atoms with Crippen LogP contribution in [0.5, 0.6) is 11.5 Å². The lowest BCUT2D eigenvalue weighted by molar-refractivity contribution is -0.113. The molecule has 0 atom stereocenters. The van der Waals surface area contributed by atoms with E-state index in [0.29, 0.717) is 16.3 Å². The van der Waals surface area contributed by atoms with Crippen LogP contribution in [0.2, 0.25) is 10.0 Å². The number of carbonyl (C=O) groups is 2. The summed E-state index contributed by atoms with van der Waals surface area (Å²) in [5.41, 5.74) is 0.920. The van der Waals surface area contributed by atoms with Gasteiger partial charge in [0.15, 0.2) is 23.1 Å². The van der Waals surface area contributed by atoms with Gasteiger partial charge in [0.25, 0.3) is 0 Å². The zero-order valence-electron chi connectivity index (χ0n) is 12.8. The molecule has 24 heavy (non-hydrogen) atoms. The Balaban J connectivity index is 2.06. The number of allylic oxidation sites excluding steroid dienone is 1. The van der Waals surface area contributed by atoms with Gasteiger partial charge in [0.05, 0.1) is 18.6 Å². The molecule has 0 aliphatic rings. The standard InChI is InChI=1S/C18H14Cl2O4/c1-24-18-8-11(3-7-16(18)22)2-5-13(21)10-17(23)14-6-4-12(19)9-15(14)20/h2-9,22H,10H2,1H3. The number of Topliss-reactive ketones (excluding diaryl/α,β-unsaturated/α-hetero) is 1. The average molecular weight is 365 g/mol. The molecule has 0 spiro atoms. The number of rotatable bonds is 6. The van der Waals surface area contributed by atoms with E-state index in [-0.39, 0.29) is 34.3 Å². The Morgan fingerprint density at radius 3 is 2.58 bits per heavy atom. The van der Waals surface area contributed by atoms with E-state index >= 15 is 0 Å². The number of phenolic OH excluding ortho intramolecular Hbond substituents is 1. The molecular formula is C18H14Cl2O4. The molecule has 124 valence electrons. The van der Waals surface area contributed by atoms with Crippen molar-refractivity contribution < 1.29 is 19.4 Å². The molecule has 6 heteroatoms. The number of methoxy groups -OCH3 is 1. The quantitative estimate of drug-likeness (QED) is 0.463. The highest BCUT2D eigenvalue weighted by Crippen LogP contribution is 2.27. The van der Waals surface area contributed by atoms with Crippen LogP contribution in [0.25, 0.3) is 6.08 Å². The Labute approximate surface area is 149 Å². The summed E-state index contributed by atoms with van der Waals surface area (Å²) in [4.78, 5) is 24.1. The third-order valence-corrected chi connectivity index (χ3v) is 3.78. The first kappa shape index (κ1) is 18.0. The summed E-state index contributed by atoms with van der Waals surface area (Å²) in [5.74, 6) is -0.435. The summed E-state index contributed by atoms with van der Waals surface area (Å²) in [7, 11) is 1.43. The lowest BCUT2D eigenvalue weighted by Gasteiger charge is -2.04. The molecule has 0 fully saturated rings. The molecule has 0 aromatic heterocycles. The van der Waals surface area contributed by atoms with Gasteiger partial charge in [-0.2, -0.15) is 0 Å². The molecule has 0 radical (unpaired) electrons. The monoisotopic (exact) mass is 364 g/mol. The molecule has 0 saturated heterocycles. The molecule has 0 heterocycles. The van der Waals surface area contributed by atoms with Crippen LogP contribution >= 0.6 is 23.2 Å². The molecule has 0 saturated carbocycles. The predicted molar refractivity (Wildman–Crippen MR) is 94.1 cm³/mol. The van der Waals surface area contributed by atoms with Crippen LogP contribution in [-0.2, 0) is 4.79 Å². The maximum absolute atomic E-state index is 12.1. The van der Waals surface area contributed by atoms with Crippen LogP contribution in [0, 0.1) is 0 Å². The van der Waals surface area contributed by atoms with Crippen molar-refractivity contribution in [2.75, 3.05) is 7.11 Å². The molecular weight excluding hydrogens is 351 g/mol. The van der Waals surface area contributed by atoms with Gasteiger partial charge in [0, 0.05) is 10.6 Å². The number of aromatic hydroxyl groups is 1. The fourth-order valence-corrected chi connectivity index (χ4v) is 2.53. The number of hydrogen-bond donors (Lipinski definition) is 1. The number of phenols is 1. The van der Waals surface area contributed by atoms with Crippen molar-refractivity contribution in [3.8, 4) is 11.5 Å². The molecule has 0 amide bonds. The first-order valence-corrected chi connectivity index (χ1v) is 7.72. The van der Waals surface area contributed by atoms with Gasteiger partial charge in [0.2, 0.25) is 0 Å². The maximum Gasteiger partial charge on any atom is 0.172 e. The van der Waals surface area contributed by atoms with Crippen molar-refractivity contribution >= 4 is 40.8 Å². The average Bonchev–Trinajstić information content (AvgIpc) is 2.53. The van der Waals surface area contributed by atoms with Crippen LogP contribution in [0.15, 0.2) is 42.5 Å². The number of benzene rings is 2. The van der Waals surface area contributed by atoms with Crippen molar-refractivity contribution in [1.82, 2.24) is 0 Å². The Hall–Kier alpha value is -2.30. The van der Waals surface area contributed by atoms with Crippen molar-refractivity contribution in [3.05, 3.63) is 63.6 Å². The van der Waals surface area contributed by atoms with Crippen molar-refractivity contribution in [2.24, 2.45) is 0 Å². The van der Waals surface area contributed by atoms with Gasteiger partial charge in [-0.25, -0.2) is 0 Å². The summed E-state index contributed by atoms with van der Waals surface area (Å²) in [6, 6.07) is 9.16. The van der Waals surface area contributed by atoms with E-state index in [1.165, 1.54) is 31.4 Å². The largest absolute Gasteiger partial charge is 0.504 e. The molecule has 0 aliphatic heterocycles. The van der Waals surface area contributed by atoms with Crippen molar-refractivity contribution in [2.45, 2.75) is 6.42 Å². The predicted octanol–water partition coefficient (Wildman–Crippen LogP) is 4.56. The molecule has 0 unspecified atom stereocenters. The highest BCUT2D eigenvalue weighted by Gasteiger charge is 2.13. The number of ether oxygens (including phenoxy) is 1. The van der Waals surface area contributed by atoms with E-state index in [0.717, 1.165) is 0 Å².